The Labute approximate surface area is 149 Å². The molecule has 6 nitrogen and oxygen atoms in total. The van der Waals surface area contributed by atoms with Gasteiger partial charge in [0.25, 0.3) is 0 Å². The van der Waals surface area contributed by atoms with Crippen molar-refractivity contribution >= 4 is 18.4 Å². The molecule has 0 spiro atoms. The molecule has 132 valence electrons. The first-order chi connectivity index (χ1) is 11.3. The van der Waals surface area contributed by atoms with E-state index in [1.165, 1.54) is 12.0 Å². The van der Waals surface area contributed by atoms with Gasteiger partial charge in [0.2, 0.25) is 5.89 Å². The van der Waals surface area contributed by atoms with Crippen molar-refractivity contribution in [3.05, 3.63) is 35.7 Å². The Morgan fingerprint density at radius 3 is 2.96 bits per heavy atom. The second-order valence-corrected chi connectivity index (χ2v) is 6.04. The average Bonchev–Trinajstić information content (AvgIpc) is 3.04. The number of aryl methyl sites for hydroxylation is 1. The molecule has 1 aromatic carbocycles. The third kappa shape index (κ3) is 4.61. The van der Waals surface area contributed by atoms with Crippen molar-refractivity contribution in [1.82, 2.24) is 15.5 Å². The molecule has 1 aromatic heterocycles. The minimum atomic E-state index is 0. The zero-order valence-corrected chi connectivity index (χ0v) is 15.0. The Morgan fingerprint density at radius 2 is 2.17 bits per heavy atom. The second-order valence-electron chi connectivity index (χ2n) is 6.04. The first-order valence-electron chi connectivity index (χ1n) is 8.16. The molecule has 0 aliphatic carbocycles. The number of nitrogens with zero attached hydrogens (tertiary/aromatic N) is 3. The highest BCUT2D eigenvalue weighted by Crippen LogP contribution is 2.24. The maximum absolute atomic E-state index is 6.00. The van der Waals surface area contributed by atoms with Crippen LogP contribution in [0, 0.1) is 12.8 Å². The van der Waals surface area contributed by atoms with Gasteiger partial charge in [0, 0.05) is 19.0 Å². The van der Waals surface area contributed by atoms with Gasteiger partial charge in [-0.15, -0.1) is 17.5 Å². The number of aromatic nitrogens is 2. The Morgan fingerprint density at radius 1 is 1.33 bits per heavy atom. The van der Waals surface area contributed by atoms with Gasteiger partial charge >= 0.3 is 6.01 Å². The molecular weight excluding hydrogens is 328 g/mol. The van der Waals surface area contributed by atoms with Crippen LogP contribution in [0.3, 0.4) is 0 Å². The molecule has 1 fully saturated rings. The van der Waals surface area contributed by atoms with E-state index in [0.29, 0.717) is 24.4 Å². The number of hydrogen-bond donors (Lipinski definition) is 1. The predicted molar refractivity (Wildman–Crippen MR) is 95.9 cm³/mol. The molecule has 3 rings (SSSR count). The average molecular weight is 353 g/mol. The molecule has 0 saturated carbocycles. The number of nitrogens with one attached hydrogen (secondary N) is 1. The maximum Gasteiger partial charge on any atom is 0.318 e. The summed E-state index contributed by atoms with van der Waals surface area (Å²) in [6, 6.07) is 8.76. The van der Waals surface area contributed by atoms with Crippen molar-refractivity contribution in [1.29, 1.82) is 0 Å². The molecule has 24 heavy (non-hydrogen) atoms. The molecule has 1 atom stereocenters. The van der Waals surface area contributed by atoms with Crippen LogP contribution in [-0.2, 0) is 6.54 Å². The van der Waals surface area contributed by atoms with E-state index in [4.69, 9.17) is 9.15 Å². The summed E-state index contributed by atoms with van der Waals surface area (Å²) >= 11 is 0. The molecule has 1 aliphatic heterocycles. The number of piperidine rings is 1. The van der Waals surface area contributed by atoms with Gasteiger partial charge in [-0.1, -0.05) is 23.3 Å². The topological polar surface area (TPSA) is 63.4 Å². The van der Waals surface area contributed by atoms with Gasteiger partial charge in [-0.05, 0) is 38.4 Å². The molecule has 1 unspecified atom stereocenters. The zero-order chi connectivity index (χ0) is 16.1. The van der Waals surface area contributed by atoms with Crippen molar-refractivity contribution in [2.75, 3.05) is 31.6 Å². The molecule has 1 aliphatic rings. The van der Waals surface area contributed by atoms with Gasteiger partial charge in [0.15, 0.2) is 0 Å². The van der Waals surface area contributed by atoms with Gasteiger partial charge in [-0.3, -0.25) is 0 Å². The molecule has 0 bridgehead atoms. The fraction of sp³-hybridized carbons (Fsp3) is 0.529. The summed E-state index contributed by atoms with van der Waals surface area (Å²) in [7, 11) is 1.86. The van der Waals surface area contributed by atoms with Crippen LogP contribution < -0.4 is 15.0 Å². The van der Waals surface area contributed by atoms with Crippen molar-refractivity contribution < 1.29 is 9.15 Å². The SMILES string of the molecule is CNCc1nnc(N2CCCC(COc3ccccc3C)C2)o1.Cl. The van der Waals surface area contributed by atoms with Crippen LogP contribution in [0.4, 0.5) is 6.01 Å². The fourth-order valence-electron chi connectivity index (χ4n) is 2.90. The lowest BCUT2D eigenvalue weighted by atomic mass is 9.99. The lowest BCUT2D eigenvalue weighted by molar-refractivity contribution is 0.225. The van der Waals surface area contributed by atoms with Gasteiger partial charge in [-0.2, -0.15) is 0 Å². The van der Waals surface area contributed by atoms with Gasteiger partial charge in [-0.25, -0.2) is 0 Å². The predicted octanol–water partition coefficient (Wildman–Crippen LogP) is 2.81. The quantitative estimate of drug-likeness (QED) is 0.862. The molecular formula is C17H25ClN4O2. The molecule has 1 N–H and O–H groups in total. The summed E-state index contributed by atoms with van der Waals surface area (Å²) < 4.78 is 11.7. The van der Waals surface area contributed by atoms with E-state index in [9.17, 15) is 0 Å². The van der Waals surface area contributed by atoms with Crippen LogP contribution in [0.5, 0.6) is 5.75 Å². The van der Waals surface area contributed by atoms with Crippen LogP contribution in [0.1, 0.15) is 24.3 Å². The summed E-state index contributed by atoms with van der Waals surface area (Å²) in [5, 5.41) is 11.2. The van der Waals surface area contributed by atoms with E-state index in [1.54, 1.807) is 0 Å². The van der Waals surface area contributed by atoms with Crippen molar-refractivity contribution in [3.8, 4) is 5.75 Å². The Kier molecular flexibility index (Phi) is 6.87. The lowest BCUT2D eigenvalue weighted by Gasteiger charge is -2.31. The second kappa shape index (κ2) is 8.89. The first kappa shape index (κ1) is 18.5. The Bertz CT molecular complexity index is 635. The van der Waals surface area contributed by atoms with E-state index < -0.39 is 0 Å². The summed E-state index contributed by atoms with van der Waals surface area (Å²) in [6.45, 7) is 5.25. The van der Waals surface area contributed by atoms with E-state index in [1.807, 2.05) is 25.2 Å². The minimum absolute atomic E-state index is 0. The molecule has 1 saturated heterocycles. The van der Waals surface area contributed by atoms with Gasteiger partial charge in [0.05, 0.1) is 13.2 Å². The van der Waals surface area contributed by atoms with E-state index in [2.05, 4.69) is 33.4 Å². The number of ether oxygens (including phenoxy) is 1. The Hall–Kier alpha value is -1.79. The smallest absolute Gasteiger partial charge is 0.318 e. The molecule has 2 heterocycles. The molecule has 0 radical (unpaired) electrons. The number of benzene rings is 1. The highest BCUT2D eigenvalue weighted by molar-refractivity contribution is 5.85. The van der Waals surface area contributed by atoms with Crippen molar-refractivity contribution in [2.45, 2.75) is 26.3 Å². The largest absolute Gasteiger partial charge is 0.493 e. The summed E-state index contributed by atoms with van der Waals surface area (Å²) in [4.78, 5) is 2.17. The molecule has 2 aromatic rings. The maximum atomic E-state index is 6.00. The molecule has 7 heteroatoms. The highest BCUT2D eigenvalue weighted by Gasteiger charge is 2.24. The van der Waals surface area contributed by atoms with E-state index in [-0.39, 0.29) is 12.4 Å². The van der Waals surface area contributed by atoms with Crippen LogP contribution in [0.15, 0.2) is 28.7 Å². The monoisotopic (exact) mass is 352 g/mol. The lowest BCUT2D eigenvalue weighted by Crippen LogP contribution is -2.38. The summed E-state index contributed by atoms with van der Waals surface area (Å²) in [5.74, 6) is 2.07. The highest BCUT2D eigenvalue weighted by atomic mass is 35.5. The van der Waals surface area contributed by atoms with Crippen LogP contribution >= 0.6 is 12.4 Å². The van der Waals surface area contributed by atoms with Gasteiger partial charge in [0.1, 0.15) is 5.75 Å². The number of halogens is 1. The van der Waals surface area contributed by atoms with Crippen LogP contribution in [-0.4, -0.2) is 36.9 Å². The van der Waals surface area contributed by atoms with Crippen LogP contribution in [0.25, 0.3) is 0 Å². The Balaban J connectivity index is 0.00000208. The van der Waals surface area contributed by atoms with Crippen molar-refractivity contribution in [3.63, 3.8) is 0 Å². The molecule has 0 amide bonds. The number of hydrogen-bond acceptors (Lipinski definition) is 6. The van der Waals surface area contributed by atoms with Crippen LogP contribution in [0.2, 0.25) is 0 Å². The normalized spacial score (nSPS) is 17.4. The minimum Gasteiger partial charge on any atom is -0.493 e. The first-order valence-corrected chi connectivity index (χ1v) is 8.16. The third-order valence-electron chi connectivity index (χ3n) is 4.14. The zero-order valence-electron chi connectivity index (χ0n) is 14.2. The standard InChI is InChI=1S/C17H24N4O2.ClH/c1-13-6-3-4-8-15(13)22-12-14-7-5-9-21(11-14)17-20-19-16(23-17)10-18-2;/h3-4,6,8,14,18H,5,7,9-12H2,1-2H3;1H. The fourth-order valence-corrected chi connectivity index (χ4v) is 2.90. The number of rotatable bonds is 6. The van der Waals surface area contributed by atoms with E-state index >= 15 is 0 Å². The van der Waals surface area contributed by atoms with Gasteiger partial charge < -0.3 is 19.4 Å². The number of para-hydroxylation sites is 1. The number of anilines is 1. The van der Waals surface area contributed by atoms with Crippen molar-refractivity contribution in [2.24, 2.45) is 5.92 Å². The summed E-state index contributed by atoms with van der Waals surface area (Å²) in [5.41, 5.74) is 1.17. The third-order valence-corrected chi connectivity index (χ3v) is 4.14. The summed E-state index contributed by atoms with van der Waals surface area (Å²) in [6.07, 6.45) is 2.28. The van der Waals surface area contributed by atoms with E-state index in [0.717, 1.165) is 31.9 Å².